The van der Waals surface area contributed by atoms with E-state index in [1.165, 1.54) is 6.26 Å². The Morgan fingerprint density at radius 3 is 2.29 bits per heavy atom. The lowest BCUT2D eigenvalue weighted by atomic mass is 9.88. The fourth-order valence-electron chi connectivity index (χ4n) is 3.73. The average Bonchev–Trinajstić information content (AvgIpc) is 3.31. The van der Waals surface area contributed by atoms with E-state index in [0.717, 1.165) is 0 Å². The van der Waals surface area contributed by atoms with Crippen LogP contribution >= 0.6 is 0 Å². The first kappa shape index (κ1) is 22.4. The fourth-order valence-corrected chi connectivity index (χ4v) is 3.73. The van der Waals surface area contributed by atoms with Crippen LogP contribution in [-0.4, -0.2) is 54.9 Å². The van der Waals surface area contributed by atoms with E-state index in [1.54, 1.807) is 48.4 Å². The van der Waals surface area contributed by atoms with Crippen LogP contribution in [0.4, 0.5) is 0 Å². The second-order valence-corrected chi connectivity index (χ2v) is 7.95. The van der Waals surface area contributed by atoms with Crippen LogP contribution in [0, 0.1) is 5.92 Å². The molecular formula is C23H29N3O5. The van der Waals surface area contributed by atoms with E-state index < -0.39 is 6.04 Å². The van der Waals surface area contributed by atoms with Crippen LogP contribution in [0.5, 0.6) is 5.75 Å². The maximum atomic E-state index is 12.9. The molecule has 0 radical (unpaired) electrons. The highest BCUT2D eigenvalue weighted by molar-refractivity contribution is 5.97. The number of nitrogens with zero attached hydrogens (tertiary/aromatic N) is 1. The summed E-state index contributed by atoms with van der Waals surface area (Å²) in [5, 5.41) is 5.81. The summed E-state index contributed by atoms with van der Waals surface area (Å²) in [6.45, 7) is 4.75. The van der Waals surface area contributed by atoms with Crippen LogP contribution in [0.2, 0.25) is 0 Å². The number of furan rings is 1. The van der Waals surface area contributed by atoms with Crippen molar-refractivity contribution in [1.82, 2.24) is 15.5 Å². The fraction of sp³-hybridized carbons (Fsp3) is 0.435. The third kappa shape index (κ3) is 5.65. The highest BCUT2D eigenvalue weighted by Crippen LogP contribution is 2.23. The lowest BCUT2D eigenvalue weighted by molar-refractivity contribution is -0.125. The third-order valence-corrected chi connectivity index (χ3v) is 5.38. The van der Waals surface area contributed by atoms with Gasteiger partial charge in [-0.05, 0) is 69.0 Å². The molecule has 166 valence electrons. The van der Waals surface area contributed by atoms with Gasteiger partial charge >= 0.3 is 0 Å². The van der Waals surface area contributed by atoms with Crippen LogP contribution in [0.3, 0.4) is 0 Å². The summed E-state index contributed by atoms with van der Waals surface area (Å²) < 4.78 is 10.3. The first-order valence-corrected chi connectivity index (χ1v) is 10.5. The molecule has 1 aliphatic rings. The number of nitrogens with one attached hydrogen (secondary N) is 2. The Morgan fingerprint density at radius 1 is 1.06 bits per heavy atom. The summed E-state index contributed by atoms with van der Waals surface area (Å²) in [4.78, 5) is 39.9. The molecule has 2 heterocycles. The van der Waals surface area contributed by atoms with Gasteiger partial charge in [-0.15, -0.1) is 0 Å². The minimum absolute atomic E-state index is 0.0477. The molecule has 3 rings (SSSR count). The molecule has 2 aromatic rings. The molecule has 1 aromatic carbocycles. The topological polar surface area (TPSA) is 101 Å². The molecule has 31 heavy (non-hydrogen) atoms. The quantitative estimate of drug-likeness (QED) is 0.707. The van der Waals surface area contributed by atoms with Gasteiger partial charge in [0.1, 0.15) is 11.8 Å². The number of benzene rings is 1. The molecule has 8 heteroatoms. The second kappa shape index (κ2) is 10.1. The molecular weight excluding hydrogens is 398 g/mol. The van der Waals surface area contributed by atoms with Gasteiger partial charge in [-0.3, -0.25) is 14.4 Å². The molecule has 1 fully saturated rings. The van der Waals surface area contributed by atoms with Crippen molar-refractivity contribution in [1.29, 1.82) is 0 Å². The van der Waals surface area contributed by atoms with Gasteiger partial charge < -0.3 is 24.7 Å². The van der Waals surface area contributed by atoms with Crippen molar-refractivity contribution < 1.29 is 23.5 Å². The Balaban J connectivity index is 1.68. The zero-order valence-corrected chi connectivity index (χ0v) is 18.1. The van der Waals surface area contributed by atoms with Gasteiger partial charge in [0.2, 0.25) is 5.91 Å². The minimum Gasteiger partial charge on any atom is -0.497 e. The standard InChI is InChI=1S/C23H29N3O5/c1-15(2)24-22(28)20(25-21(27)17-6-8-18(30-3)9-7-17)16-10-12-26(13-11-16)23(29)19-5-4-14-31-19/h4-9,14-16,20H,10-13H2,1-3H3,(H,24,28)(H,25,27)/t20-/m0/s1. The average molecular weight is 428 g/mol. The number of carbonyl (C=O) groups excluding carboxylic acids is 3. The second-order valence-electron chi connectivity index (χ2n) is 7.95. The normalized spacial score (nSPS) is 15.4. The van der Waals surface area contributed by atoms with Crippen LogP contribution in [0.1, 0.15) is 47.6 Å². The number of piperidine rings is 1. The molecule has 1 atom stereocenters. The summed E-state index contributed by atoms with van der Waals surface area (Å²) in [7, 11) is 1.56. The van der Waals surface area contributed by atoms with Gasteiger partial charge in [-0.25, -0.2) is 0 Å². The maximum absolute atomic E-state index is 12.9. The number of rotatable bonds is 7. The number of hydrogen-bond acceptors (Lipinski definition) is 5. The van der Waals surface area contributed by atoms with E-state index in [2.05, 4.69) is 10.6 Å². The van der Waals surface area contributed by atoms with Gasteiger partial charge in [0.05, 0.1) is 13.4 Å². The number of methoxy groups -OCH3 is 1. The molecule has 1 aliphatic heterocycles. The Hall–Kier alpha value is -3.29. The number of amides is 3. The molecule has 1 saturated heterocycles. The molecule has 0 unspecified atom stereocenters. The highest BCUT2D eigenvalue weighted by Gasteiger charge is 2.34. The van der Waals surface area contributed by atoms with E-state index in [9.17, 15) is 14.4 Å². The van der Waals surface area contributed by atoms with Crippen molar-refractivity contribution in [3.05, 3.63) is 54.0 Å². The summed E-state index contributed by atoms with van der Waals surface area (Å²) in [5.41, 5.74) is 0.452. The van der Waals surface area contributed by atoms with E-state index in [-0.39, 0.29) is 29.7 Å². The van der Waals surface area contributed by atoms with Crippen LogP contribution in [0.15, 0.2) is 47.1 Å². The summed E-state index contributed by atoms with van der Waals surface area (Å²) >= 11 is 0. The smallest absolute Gasteiger partial charge is 0.289 e. The zero-order valence-electron chi connectivity index (χ0n) is 18.1. The highest BCUT2D eigenvalue weighted by atomic mass is 16.5. The summed E-state index contributed by atoms with van der Waals surface area (Å²) in [6, 6.07) is 9.33. The number of carbonyl (C=O) groups is 3. The van der Waals surface area contributed by atoms with Crippen LogP contribution < -0.4 is 15.4 Å². The molecule has 0 aliphatic carbocycles. The Bertz CT molecular complexity index is 884. The Labute approximate surface area is 181 Å². The molecule has 0 bridgehead atoms. The van der Waals surface area contributed by atoms with Crippen molar-refractivity contribution in [2.24, 2.45) is 5.92 Å². The predicted octanol–water partition coefficient (Wildman–Crippen LogP) is 2.46. The van der Waals surface area contributed by atoms with Crippen molar-refractivity contribution >= 4 is 17.7 Å². The predicted molar refractivity (Wildman–Crippen MR) is 115 cm³/mol. The van der Waals surface area contributed by atoms with Gasteiger partial charge in [0, 0.05) is 24.7 Å². The molecule has 2 N–H and O–H groups in total. The number of hydrogen-bond donors (Lipinski definition) is 2. The van der Waals surface area contributed by atoms with Crippen molar-refractivity contribution in [3.63, 3.8) is 0 Å². The van der Waals surface area contributed by atoms with E-state index >= 15 is 0 Å². The van der Waals surface area contributed by atoms with Crippen molar-refractivity contribution in [2.45, 2.75) is 38.8 Å². The van der Waals surface area contributed by atoms with Gasteiger partial charge in [-0.2, -0.15) is 0 Å². The minimum atomic E-state index is -0.683. The first-order valence-electron chi connectivity index (χ1n) is 10.5. The SMILES string of the molecule is COc1ccc(C(=O)N[C@H](C(=O)NC(C)C)C2CCN(C(=O)c3ccco3)CC2)cc1. The molecule has 0 saturated carbocycles. The first-order chi connectivity index (χ1) is 14.9. The Morgan fingerprint density at radius 2 is 1.74 bits per heavy atom. The zero-order chi connectivity index (χ0) is 22.4. The lowest BCUT2D eigenvalue weighted by Crippen LogP contribution is -2.54. The Kier molecular flexibility index (Phi) is 7.33. The van der Waals surface area contributed by atoms with Gasteiger partial charge in [-0.1, -0.05) is 0 Å². The van der Waals surface area contributed by atoms with E-state index in [0.29, 0.717) is 43.0 Å². The van der Waals surface area contributed by atoms with Gasteiger partial charge in [0.25, 0.3) is 11.8 Å². The molecule has 8 nitrogen and oxygen atoms in total. The van der Waals surface area contributed by atoms with E-state index in [1.807, 2.05) is 13.8 Å². The lowest BCUT2D eigenvalue weighted by Gasteiger charge is -2.35. The maximum Gasteiger partial charge on any atom is 0.289 e. The monoisotopic (exact) mass is 427 g/mol. The molecule has 3 amide bonds. The molecule has 0 spiro atoms. The third-order valence-electron chi connectivity index (χ3n) is 5.38. The number of ether oxygens (including phenoxy) is 1. The van der Waals surface area contributed by atoms with Crippen molar-refractivity contribution in [3.8, 4) is 5.75 Å². The van der Waals surface area contributed by atoms with E-state index in [4.69, 9.17) is 9.15 Å². The summed E-state index contributed by atoms with van der Waals surface area (Å²) in [6.07, 6.45) is 2.68. The van der Waals surface area contributed by atoms with Gasteiger partial charge in [0.15, 0.2) is 5.76 Å². The molecule has 1 aromatic heterocycles. The van der Waals surface area contributed by atoms with Crippen molar-refractivity contribution in [2.75, 3.05) is 20.2 Å². The van der Waals surface area contributed by atoms with Crippen LogP contribution in [0.25, 0.3) is 0 Å². The summed E-state index contributed by atoms with van der Waals surface area (Å²) in [5.74, 6) is 0.184. The number of likely N-dealkylation sites (tertiary alicyclic amines) is 1. The largest absolute Gasteiger partial charge is 0.497 e. The van der Waals surface area contributed by atoms with Crippen LogP contribution in [-0.2, 0) is 4.79 Å².